The van der Waals surface area contributed by atoms with Gasteiger partial charge in [0.15, 0.2) is 10.6 Å². The van der Waals surface area contributed by atoms with E-state index in [0.717, 1.165) is 11.3 Å². The molecular formula is C24H23Cl2F5N4O4S. The number of likely N-dealkylation sites (tertiary alicyclic amines) is 1. The summed E-state index contributed by atoms with van der Waals surface area (Å²) in [6.45, 7) is 2.96. The number of hydrogen-bond acceptors (Lipinski definition) is 8. The molecule has 0 aliphatic carbocycles. The van der Waals surface area contributed by atoms with E-state index in [2.05, 4.69) is 15.2 Å². The van der Waals surface area contributed by atoms with Crippen LogP contribution in [-0.4, -0.2) is 67.0 Å². The van der Waals surface area contributed by atoms with E-state index in [1.807, 2.05) is 0 Å². The fourth-order valence-electron chi connectivity index (χ4n) is 3.86. The Morgan fingerprint density at radius 3 is 2.27 bits per heavy atom. The first-order valence-electron chi connectivity index (χ1n) is 11.8. The molecule has 0 bridgehead atoms. The number of carbonyl (C=O) groups is 1. The number of benzene rings is 1. The van der Waals surface area contributed by atoms with Crippen molar-refractivity contribution >= 4 is 40.4 Å². The van der Waals surface area contributed by atoms with Gasteiger partial charge in [0.25, 0.3) is 17.7 Å². The largest absolute Gasteiger partial charge is 0.417 e. The van der Waals surface area contributed by atoms with Crippen LogP contribution >= 0.6 is 34.5 Å². The number of aliphatic hydroxyl groups is 2. The third-order valence-electron chi connectivity index (χ3n) is 6.30. The van der Waals surface area contributed by atoms with E-state index in [1.165, 1.54) is 30.9 Å². The minimum atomic E-state index is -4.94. The van der Waals surface area contributed by atoms with E-state index in [4.69, 9.17) is 27.6 Å². The first-order valence-corrected chi connectivity index (χ1v) is 13.4. The van der Waals surface area contributed by atoms with Crippen molar-refractivity contribution in [2.24, 2.45) is 0 Å². The lowest BCUT2D eigenvalue weighted by atomic mass is 9.95. The topological polar surface area (TPSA) is 113 Å². The molecule has 3 aromatic rings. The van der Waals surface area contributed by atoms with Crippen LogP contribution in [-0.2, 0) is 12.0 Å². The lowest BCUT2D eigenvalue weighted by molar-refractivity contribution is -0.252. The molecule has 218 valence electrons. The normalized spacial score (nSPS) is 17.6. The van der Waals surface area contributed by atoms with Gasteiger partial charge >= 0.3 is 6.18 Å². The Morgan fingerprint density at radius 1 is 1.10 bits per heavy atom. The van der Waals surface area contributed by atoms with Crippen LogP contribution in [0.3, 0.4) is 0 Å². The van der Waals surface area contributed by atoms with Crippen molar-refractivity contribution in [3.63, 3.8) is 0 Å². The number of carbonyl (C=O) groups excluding carboxylic acids is 1. The summed E-state index contributed by atoms with van der Waals surface area (Å²) in [6.07, 6.45) is -6.90. The average Bonchev–Trinajstić information content (AvgIpc) is 3.49. The highest BCUT2D eigenvalue weighted by Crippen LogP contribution is 2.44. The number of amides is 1. The molecule has 1 unspecified atom stereocenters. The summed E-state index contributed by atoms with van der Waals surface area (Å²) < 4.78 is 72.7. The summed E-state index contributed by atoms with van der Waals surface area (Å²) in [6, 6.07) is 2.56. The summed E-state index contributed by atoms with van der Waals surface area (Å²) in [5.74, 6) is -3.87. The van der Waals surface area contributed by atoms with E-state index < -0.39 is 48.5 Å². The lowest BCUT2D eigenvalue weighted by Crippen LogP contribution is -2.44. The van der Waals surface area contributed by atoms with Crippen LogP contribution < -0.4 is 0 Å². The summed E-state index contributed by atoms with van der Waals surface area (Å²) in [7, 11) is 0. The summed E-state index contributed by atoms with van der Waals surface area (Å²) in [5.41, 5.74) is -4.74. The third-order valence-corrected chi connectivity index (χ3v) is 8.29. The zero-order valence-corrected chi connectivity index (χ0v) is 23.6. The molecule has 1 saturated heterocycles. The number of alkyl halides is 5. The molecule has 2 aromatic heterocycles. The van der Waals surface area contributed by atoms with Crippen molar-refractivity contribution in [1.29, 1.82) is 0 Å². The first-order chi connectivity index (χ1) is 18.3. The molecule has 16 heteroatoms. The molecule has 1 atom stereocenters. The lowest BCUT2D eigenvalue weighted by Gasteiger charge is -2.31. The summed E-state index contributed by atoms with van der Waals surface area (Å²) in [4.78, 5) is 19.1. The predicted octanol–water partition coefficient (Wildman–Crippen LogP) is 6.12. The fraction of sp³-hybridized carbons (Fsp3) is 0.500. The molecule has 1 aliphatic heterocycles. The molecule has 1 aliphatic rings. The minimum Gasteiger partial charge on any atom is -0.415 e. The maximum absolute atomic E-state index is 13.7. The minimum absolute atomic E-state index is 0.0416. The highest BCUT2D eigenvalue weighted by molar-refractivity contribution is 7.18. The van der Waals surface area contributed by atoms with Crippen LogP contribution in [0, 0.1) is 0 Å². The monoisotopic (exact) mass is 628 g/mol. The first kappa shape index (κ1) is 30.6. The summed E-state index contributed by atoms with van der Waals surface area (Å²) >= 11 is 13.7. The van der Waals surface area contributed by atoms with Gasteiger partial charge in [-0.3, -0.25) is 4.79 Å². The van der Waals surface area contributed by atoms with Crippen molar-refractivity contribution in [2.45, 2.75) is 63.3 Å². The molecule has 4 rings (SSSR count). The number of thiazole rings is 1. The van der Waals surface area contributed by atoms with Gasteiger partial charge in [-0.15, -0.1) is 21.5 Å². The van der Waals surface area contributed by atoms with E-state index in [0.29, 0.717) is 6.92 Å². The molecule has 8 nitrogen and oxygen atoms in total. The van der Waals surface area contributed by atoms with Crippen LogP contribution in [0.15, 0.2) is 16.5 Å². The molecule has 0 saturated carbocycles. The van der Waals surface area contributed by atoms with Crippen LogP contribution in [0.1, 0.15) is 55.6 Å². The Labute approximate surface area is 238 Å². The van der Waals surface area contributed by atoms with Gasteiger partial charge in [0.2, 0.25) is 5.89 Å². The number of hydrogen-bond donors (Lipinski definition) is 2. The molecule has 1 amide bonds. The maximum atomic E-state index is 13.7. The van der Waals surface area contributed by atoms with Crippen molar-refractivity contribution in [1.82, 2.24) is 20.1 Å². The molecule has 40 heavy (non-hydrogen) atoms. The quantitative estimate of drug-likeness (QED) is 0.316. The molecule has 0 spiro atoms. The van der Waals surface area contributed by atoms with E-state index in [9.17, 15) is 37.0 Å². The van der Waals surface area contributed by atoms with Gasteiger partial charge in [0.05, 0.1) is 14.9 Å². The van der Waals surface area contributed by atoms with E-state index in [-0.39, 0.29) is 61.6 Å². The highest BCUT2D eigenvalue weighted by atomic mass is 35.5. The average molecular weight is 629 g/mol. The van der Waals surface area contributed by atoms with Gasteiger partial charge in [0, 0.05) is 37.9 Å². The second-order valence-corrected chi connectivity index (χ2v) is 11.9. The number of halogens is 7. The molecular weight excluding hydrogens is 606 g/mol. The highest BCUT2D eigenvalue weighted by Gasteiger charge is 2.50. The number of nitrogens with zero attached hydrogens (tertiary/aromatic N) is 4. The van der Waals surface area contributed by atoms with Crippen molar-refractivity contribution in [3.8, 4) is 21.3 Å². The van der Waals surface area contributed by atoms with E-state index in [1.54, 1.807) is 0 Å². The van der Waals surface area contributed by atoms with Crippen LogP contribution in [0.25, 0.3) is 21.3 Å². The standard InChI is InChI=1S/C24H23Cl2F5N4O4S/c1-21(2,37)20-34-33-17(39-20)18-32-15(19(36)35-8-6-23(27,28)7-9-35)16(40-18)12-5-4-11(13(25)14(12)26)10-22(3,38)24(29,30)31/h4-5,37-38H,6-10H2,1-3H3. The number of piperidine rings is 1. The molecule has 3 heterocycles. The Balaban J connectivity index is 1.79. The Kier molecular flexibility index (Phi) is 8.00. The van der Waals surface area contributed by atoms with Gasteiger partial charge in [-0.25, -0.2) is 13.8 Å². The fourth-order valence-corrected chi connectivity index (χ4v) is 5.43. The van der Waals surface area contributed by atoms with Gasteiger partial charge in [-0.1, -0.05) is 35.3 Å². The van der Waals surface area contributed by atoms with Crippen LogP contribution in [0.5, 0.6) is 0 Å². The Morgan fingerprint density at radius 2 is 1.73 bits per heavy atom. The molecule has 1 fully saturated rings. The van der Waals surface area contributed by atoms with Crippen molar-refractivity contribution in [2.75, 3.05) is 13.1 Å². The van der Waals surface area contributed by atoms with E-state index >= 15 is 0 Å². The van der Waals surface area contributed by atoms with Gasteiger partial charge in [-0.05, 0) is 26.3 Å². The third kappa shape index (κ3) is 6.10. The smallest absolute Gasteiger partial charge is 0.415 e. The van der Waals surface area contributed by atoms with Crippen molar-refractivity contribution in [3.05, 3.63) is 39.3 Å². The Hall–Kier alpha value is -2.39. The molecule has 2 N–H and O–H groups in total. The second-order valence-electron chi connectivity index (χ2n) is 10.2. The Bertz CT molecular complexity index is 1430. The van der Waals surface area contributed by atoms with Gasteiger partial charge < -0.3 is 19.5 Å². The number of aromatic nitrogens is 3. The van der Waals surface area contributed by atoms with Gasteiger partial charge in [0.1, 0.15) is 11.3 Å². The number of rotatable bonds is 6. The van der Waals surface area contributed by atoms with Gasteiger partial charge in [-0.2, -0.15) is 13.2 Å². The van der Waals surface area contributed by atoms with Crippen molar-refractivity contribution < 1.29 is 41.4 Å². The molecule has 0 radical (unpaired) electrons. The second kappa shape index (κ2) is 10.5. The zero-order chi connectivity index (χ0) is 29.8. The summed E-state index contributed by atoms with van der Waals surface area (Å²) in [5, 5.41) is 27.3. The zero-order valence-electron chi connectivity index (χ0n) is 21.2. The predicted molar refractivity (Wildman–Crippen MR) is 137 cm³/mol. The molecule has 1 aromatic carbocycles. The van der Waals surface area contributed by atoms with Crippen LogP contribution in [0.2, 0.25) is 10.0 Å². The maximum Gasteiger partial charge on any atom is 0.417 e. The SMILES string of the molecule is CC(C)(O)c1nnc(-c2nc(C(=O)N3CCC(F)(F)CC3)c(-c3ccc(CC(C)(O)C(F)(F)F)c(Cl)c3Cl)s2)o1. The van der Waals surface area contributed by atoms with Crippen LogP contribution in [0.4, 0.5) is 22.0 Å².